The highest BCUT2D eigenvalue weighted by Gasteiger charge is 2.05. The van der Waals surface area contributed by atoms with Gasteiger partial charge < -0.3 is 5.32 Å². The van der Waals surface area contributed by atoms with E-state index in [1.165, 1.54) is 6.20 Å². The lowest BCUT2D eigenvalue weighted by molar-refractivity contribution is 0.970. The van der Waals surface area contributed by atoms with E-state index in [9.17, 15) is 4.79 Å². The fraction of sp³-hybridized carbons (Fsp3) is 0.300. The summed E-state index contributed by atoms with van der Waals surface area (Å²) in [5, 5.41) is 12.2. The molecule has 0 saturated carbocycles. The van der Waals surface area contributed by atoms with Crippen molar-refractivity contribution in [2.75, 3.05) is 5.32 Å². The van der Waals surface area contributed by atoms with Crippen LogP contribution in [0.5, 0.6) is 0 Å². The summed E-state index contributed by atoms with van der Waals surface area (Å²) in [6.45, 7) is 2.59. The van der Waals surface area contributed by atoms with Crippen LogP contribution in [0.15, 0.2) is 16.4 Å². The summed E-state index contributed by atoms with van der Waals surface area (Å²) < 4.78 is 0. The normalized spacial score (nSPS) is 10.5. The molecule has 0 saturated heterocycles. The van der Waals surface area contributed by atoms with Crippen LogP contribution in [0.2, 0.25) is 5.02 Å². The fourth-order valence-electron chi connectivity index (χ4n) is 1.29. The minimum Gasteiger partial charge on any atom is -0.377 e. The number of rotatable bonds is 4. The van der Waals surface area contributed by atoms with Crippen molar-refractivity contribution in [3.63, 3.8) is 0 Å². The van der Waals surface area contributed by atoms with Gasteiger partial charge in [0, 0.05) is 5.38 Å². The van der Waals surface area contributed by atoms with Crippen molar-refractivity contribution in [2.24, 2.45) is 0 Å². The minimum atomic E-state index is -0.399. The van der Waals surface area contributed by atoms with Gasteiger partial charge in [0.1, 0.15) is 5.02 Å². The highest BCUT2D eigenvalue weighted by molar-refractivity contribution is 7.09. The summed E-state index contributed by atoms with van der Waals surface area (Å²) in [4.78, 5) is 15.6. The first-order chi connectivity index (χ1) is 8.20. The third-order valence-electron chi connectivity index (χ3n) is 2.16. The molecule has 5 nitrogen and oxygen atoms in total. The summed E-state index contributed by atoms with van der Waals surface area (Å²) in [6.07, 6.45) is 2.41. The first-order valence-corrected chi connectivity index (χ1v) is 6.36. The molecule has 0 radical (unpaired) electrons. The lowest BCUT2D eigenvalue weighted by Gasteiger charge is -2.04. The molecule has 0 amide bonds. The number of nitrogens with one attached hydrogen (secondary N) is 2. The number of hydrogen-bond donors (Lipinski definition) is 2. The minimum absolute atomic E-state index is 0.117. The Hall–Kier alpha value is -1.40. The third kappa shape index (κ3) is 2.83. The van der Waals surface area contributed by atoms with E-state index in [-0.39, 0.29) is 5.02 Å². The zero-order valence-electron chi connectivity index (χ0n) is 9.16. The quantitative estimate of drug-likeness (QED) is 0.892. The van der Waals surface area contributed by atoms with E-state index in [0.717, 1.165) is 17.1 Å². The lowest BCUT2D eigenvalue weighted by Crippen LogP contribution is -2.11. The second-order valence-electron chi connectivity index (χ2n) is 3.37. The number of aromatic amines is 1. The van der Waals surface area contributed by atoms with Gasteiger partial charge in [0.2, 0.25) is 0 Å². The Morgan fingerprint density at radius 1 is 1.59 bits per heavy atom. The number of aromatic nitrogens is 3. The van der Waals surface area contributed by atoms with E-state index in [4.69, 9.17) is 11.6 Å². The molecule has 2 heterocycles. The van der Waals surface area contributed by atoms with Gasteiger partial charge in [-0.2, -0.15) is 5.10 Å². The second-order valence-corrected chi connectivity index (χ2v) is 4.69. The summed E-state index contributed by atoms with van der Waals surface area (Å²) in [5.74, 6) is 0. The molecular formula is C10H11ClN4OS. The maximum absolute atomic E-state index is 11.2. The maximum atomic E-state index is 11.2. The number of nitrogens with zero attached hydrogens (tertiary/aromatic N) is 2. The highest BCUT2D eigenvalue weighted by Crippen LogP contribution is 2.16. The van der Waals surface area contributed by atoms with Crippen LogP contribution in [0.1, 0.15) is 17.6 Å². The van der Waals surface area contributed by atoms with Gasteiger partial charge in [-0.25, -0.2) is 10.1 Å². The first-order valence-electron chi connectivity index (χ1n) is 5.11. The number of aryl methyl sites for hydroxylation is 1. The molecule has 2 aromatic heterocycles. The second kappa shape index (κ2) is 5.29. The monoisotopic (exact) mass is 270 g/mol. The molecule has 0 atom stereocenters. The van der Waals surface area contributed by atoms with Gasteiger partial charge in [0.25, 0.3) is 5.56 Å². The van der Waals surface area contributed by atoms with Crippen molar-refractivity contribution in [2.45, 2.75) is 19.9 Å². The van der Waals surface area contributed by atoms with Crippen LogP contribution in [0.25, 0.3) is 0 Å². The van der Waals surface area contributed by atoms with Gasteiger partial charge in [-0.3, -0.25) is 4.79 Å². The number of halogens is 1. The molecule has 2 rings (SSSR count). The van der Waals surface area contributed by atoms with Crippen LogP contribution in [0.4, 0.5) is 5.69 Å². The topological polar surface area (TPSA) is 70.7 Å². The van der Waals surface area contributed by atoms with E-state index in [0.29, 0.717) is 12.2 Å². The van der Waals surface area contributed by atoms with Crippen molar-refractivity contribution >= 4 is 28.6 Å². The molecule has 90 valence electrons. The van der Waals surface area contributed by atoms with Crippen LogP contribution < -0.4 is 10.9 Å². The van der Waals surface area contributed by atoms with Crippen LogP contribution in [0.3, 0.4) is 0 Å². The highest BCUT2D eigenvalue weighted by atomic mass is 35.5. The molecule has 2 aromatic rings. The predicted molar refractivity (Wildman–Crippen MR) is 68.7 cm³/mol. The van der Waals surface area contributed by atoms with Crippen molar-refractivity contribution < 1.29 is 0 Å². The predicted octanol–water partition coefficient (Wildman–Crippen LogP) is 2.05. The molecule has 0 unspecified atom stereocenters. The molecular weight excluding hydrogens is 260 g/mol. The zero-order valence-corrected chi connectivity index (χ0v) is 10.7. The molecule has 7 heteroatoms. The van der Waals surface area contributed by atoms with Gasteiger partial charge in [-0.1, -0.05) is 18.5 Å². The Kier molecular flexibility index (Phi) is 3.75. The Labute approximate surface area is 107 Å². The summed E-state index contributed by atoms with van der Waals surface area (Å²) in [5.41, 5.74) is 1.05. The van der Waals surface area contributed by atoms with E-state index in [2.05, 4.69) is 27.4 Å². The Morgan fingerprint density at radius 2 is 2.41 bits per heavy atom. The Balaban J connectivity index is 2.07. The van der Waals surface area contributed by atoms with Crippen LogP contribution in [-0.4, -0.2) is 15.2 Å². The molecule has 0 aliphatic carbocycles. The SMILES string of the molecule is CCc1nc(CNc2cn[nH]c(=O)c2Cl)cs1. The van der Waals surface area contributed by atoms with Gasteiger partial charge in [0.05, 0.1) is 29.1 Å². The number of anilines is 1. The van der Waals surface area contributed by atoms with Crippen LogP contribution in [-0.2, 0) is 13.0 Å². The van der Waals surface area contributed by atoms with Gasteiger partial charge in [-0.15, -0.1) is 11.3 Å². The van der Waals surface area contributed by atoms with Gasteiger partial charge in [-0.05, 0) is 6.42 Å². The van der Waals surface area contributed by atoms with E-state index < -0.39 is 5.56 Å². The van der Waals surface area contributed by atoms with Crippen molar-refractivity contribution in [3.8, 4) is 0 Å². The molecule has 0 fully saturated rings. The molecule has 0 aliphatic rings. The van der Waals surface area contributed by atoms with E-state index >= 15 is 0 Å². The molecule has 0 spiro atoms. The van der Waals surface area contributed by atoms with Crippen molar-refractivity contribution in [1.29, 1.82) is 0 Å². The van der Waals surface area contributed by atoms with Crippen LogP contribution in [0, 0.1) is 0 Å². The fourth-order valence-corrected chi connectivity index (χ4v) is 2.19. The van der Waals surface area contributed by atoms with Crippen molar-refractivity contribution in [1.82, 2.24) is 15.2 Å². The average Bonchev–Trinajstić information content (AvgIpc) is 2.79. The van der Waals surface area contributed by atoms with Crippen LogP contribution >= 0.6 is 22.9 Å². The average molecular weight is 271 g/mol. The third-order valence-corrected chi connectivity index (χ3v) is 3.57. The smallest absolute Gasteiger partial charge is 0.285 e. The number of H-pyrrole nitrogens is 1. The summed E-state index contributed by atoms with van der Waals surface area (Å²) in [7, 11) is 0. The van der Waals surface area contributed by atoms with Gasteiger partial charge >= 0.3 is 0 Å². The van der Waals surface area contributed by atoms with E-state index in [1.54, 1.807) is 11.3 Å². The largest absolute Gasteiger partial charge is 0.377 e. The maximum Gasteiger partial charge on any atom is 0.285 e. The molecule has 2 N–H and O–H groups in total. The molecule has 17 heavy (non-hydrogen) atoms. The first kappa shape index (κ1) is 12.1. The standard InChI is InChI=1S/C10H11ClN4OS/c1-2-8-14-6(5-17-8)3-12-7-4-13-15-10(16)9(7)11/h4-5H,2-3H2,1H3,(H2,12,15,16). The molecule has 0 bridgehead atoms. The summed E-state index contributed by atoms with van der Waals surface area (Å²) >= 11 is 7.45. The molecule has 0 aromatic carbocycles. The lowest BCUT2D eigenvalue weighted by atomic mass is 10.4. The number of hydrogen-bond acceptors (Lipinski definition) is 5. The van der Waals surface area contributed by atoms with Crippen molar-refractivity contribution in [3.05, 3.63) is 37.7 Å². The van der Waals surface area contributed by atoms with Gasteiger partial charge in [0.15, 0.2) is 0 Å². The van der Waals surface area contributed by atoms with E-state index in [1.807, 2.05) is 5.38 Å². The summed E-state index contributed by atoms with van der Waals surface area (Å²) in [6, 6.07) is 0. The molecule has 0 aliphatic heterocycles. The Morgan fingerprint density at radius 3 is 3.12 bits per heavy atom. The number of thiazole rings is 1. The Bertz CT molecular complexity index is 565. The zero-order chi connectivity index (χ0) is 12.3.